The molecule has 0 spiro atoms. The van der Waals surface area contributed by atoms with Gasteiger partial charge in [-0.1, -0.05) is 0 Å². The van der Waals surface area contributed by atoms with Crippen molar-refractivity contribution in [3.8, 4) is 0 Å². The molecule has 18 nitrogen and oxygen atoms in total. The summed E-state index contributed by atoms with van der Waals surface area (Å²) in [4.78, 5) is 37.4. The Morgan fingerprint density at radius 1 is 1.11 bits per heavy atom. The lowest BCUT2D eigenvalue weighted by atomic mass is 9.87. The van der Waals surface area contributed by atoms with Gasteiger partial charge in [-0.2, -0.15) is 8.42 Å². The first-order valence-electron chi connectivity index (χ1n) is 10.4. The summed E-state index contributed by atoms with van der Waals surface area (Å²) < 4.78 is 36.5. The van der Waals surface area contributed by atoms with Gasteiger partial charge in [-0.3, -0.25) is 28.6 Å². The van der Waals surface area contributed by atoms with E-state index in [0.717, 1.165) is 16.8 Å². The maximum atomic E-state index is 12.4. The summed E-state index contributed by atoms with van der Waals surface area (Å²) in [5.74, 6) is -1.46. The van der Waals surface area contributed by atoms with Gasteiger partial charge in [0.1, 0.15) is 42.7 Å². The Hall–Kier alpha value is -2.30. The molecule has 36 heavy (non-hydrogen) atoms. The van der Waals surface area contributed by atoms with Crippen molar-refractivity contribution in [3.05, 3.63) is 33.1 Å². The maximum Gasteiger partial charge on any atom is 0.362 e. The van der Waals surface area contributed by atoms with E-state index in [4.69, 9.17) is 9.84 Å². The Labute approximate surface area is 201 Å². The molecule has 204 valence electrons. The number of aromatic nitrogens is 2. The van der Waals surface area contributed by atoms with Crippen LogP contribution >= 0.6 is 0 Å². The number of nitrogens with one attached hydrogen (secondary N) is 3. The van der Waals surface area contributed by atoms with Crippen LogP contribution in [0.4, 0.5) is 0 Å². The molecule has 3 rings (SSSR count). The summed E-state index contributed by atoms with van der Waals surface area (Å²) >= 11 is 0. The molecule has 10 N–H and O–H groups in total. The Bertz CT molecular complexity index is 1160. The molecule has 0 aliphatic carbocycles. The number of ether oxygens (including phenoxy) is 1. The van der Waals surface area contributed by atoms with E-state index in [1.807, 2.05) is 4.98 Å². The standard InChI is InChI=1S/C17H26N4O14S/c22-3-5(23)8-11(26)13(28)12(27)9(19-8)15(30)20-36(32,33)34-4-6-10(25)14(29)16(35-6)21-2-1-7(24)18-17(21)31/h1-2,5-6,8-14,16,19,22-23,25-29H,3-4H2,(H,20,30)(H,18,24,31)/t5-,6-,8+,9?,10-,11-,12-,13-,14-,16-/m1/s1. The molecular formula is C17H26N4O14S. The third-order valence-corrected chi connectivity index (χ3v) is 6.64. The zero-order chi connectivity index (χ0) is 26.9. The van der Waals surface area contributed by atoms with Gasteiger partial charge in [-0.25, -0.2) is 9.52 Å². The van der Waals surface area contributed by atoms with Gasteiger partial charge >= 0.3 is 16.0 Å². The number of carbonyl (C=O) groups is 1. The molecule has 2 saturated heterocycles. The molecule has 1 amide bonds. The van der Waals surface area contributed by atoms with E-state index in [9.17, 15) is 53.4 Å². The SMILES string of the molecule is O=C(NS(=O)(=O)OC[C@H]1O[C@@H](n2ccc(=O)[nH]c2=O)[C@H](O)[C@@H]1O)C1N[C@@H]([C@H](O)CO)[C@@H](O)[C@@H](O)[C@@H]1O. The number of piperidine rings is 1. The predicted octanol–water partition coefficient (Wildman–Crippen LogP) is -7.69. The number of aliphatic hydroxyl groups excluding tert-OH is 7. The summed E-state index contributed by atoms with van der Waals surface area (Å²) in [6.45, 7) is -1.85. The van der Waals surface area contributed by atoms with Gasteiger partial charge in [0.05, 0.1) is 25.4 Å². The molecule has 19 heteroatoms. The van der Waals surface area contributed by atoms with Crippen LogP contribution in [0.5, 0.6) is 0 Å². The smallest absolute Gasteiger partial charge is 0.362 e. The number of nitrogens with zero attached hydrogens (tertiary/aromatic N) is 1. The minimum Gasteiger partial charge on any atom is -0.394 e. The first kappa shape index (κ1) is 28.3. The fourth-order valence-corrected chi connectivity index (χ4v) is 4.54. The van der Waals surface area contributed by atoms with E-state index in [2.05, 4.69) is 9.50 Å². The van der Waals surface area contributed by atoms with Crippen molar-refractivity contribution in [1.82, 2.24) is 19.6 Å². The van der Waals surface area contributed by atoms with Gasteiger partial charge in [0.25, 0.3) is 11.5 Å². The lowest BCUT2D eigenvalue weighted by Gasteiger charge is -2.42. The third kappa shape index (κ3) is 5.81. The number of hydrogen-bond acceptors (Lipinski definition) is 15. The maximum absolute atomic E-state index is 12.4. The number of aliphatic hydroxyl groups is 7. The highest BCUT2D eigenvalue weighted by Gasteiger charge is 2.48. The minimum atomic E-state index is -4.95. The largest absolute Gasteiger partial charge is 0.394 e. The van der Waals surface area contributed by atoms with Crippen molar-refractivity contribution >= 4 is 16.2 Å². The number of aromatic amines is 1. The number of hydrogen-bond donors (Lipinski definition) is 10. The van der Waals surface area contributed by atoms with Crippen molar-refractivity contribution in [2.75, 3.05) is 13.2 Å². The molecule has 0 bridgehead atoms. The molecule has 2 aliphatic heterocycles. The predicted molar refractivity (Wildman–Crippen MR) is 112 cm³/mol. The molecular weight excluding hydrogens is 516 g/mol. The molecule has 0 saturated carbocycles. The first-order valence-corrected chi connectivity index (χ1v) is 11.8. The van der Waals surface area contributed by atoms with Crippen LogP contribution in [-0.4, -0.2) is 128 Å². The monoisotopic (exact) mass is 542 g/mol. The van der Waals surface area contributed by atoms with E-state index < -0.39 is 102 Å². The van der Waals surface area contributed by atoms with Gasteiger partial charge in [-0.05, 0) is 0 Å². The van der Waals surface area contributed by atoms with Crippen LogP contribution in [0.15, 0.2) is 21.9 Å². The molecule has 1 aromatic heterocycles. The Morgan fingerprint density at radius 3 is 2.39 bits per heavy atom. The highest BCUT2D eigenvalue weighted by Crippen LogP contribution is 2.28. The van der Waals surface area contributed by atoms with Gasteiger partial charge in [-0.15, -0.1) is 0 Å². The van der Waals surface area contributed by atoms with E-state index in [1.54, 1.807) is 0 Å². The van der Waals surface area contributed by atoms with E-state index in [0.29, 0.717) is 0 Å². The normalized spacial score (nSPS) is 35.9. The molecule has 1 unspecified atom stereocenters. The Morgan fingerprint density at radius 2 is 1.78 bits per heavy atom. The number of carbonyl (C=O) groups excluding carboxylic acids is 1. The summed E-state index contributed by atoms with van der Waals surface area (Å²) in [5, 5.41) is 71.2. The lowest BCUT2D eigenvalue weighted by molar-refractivity contribution is -0.150. The van der Waals surface area contributed by atoms with Crippen LogP contribution in [0.2, 0.25) is 0 Å². The topological polar surface area (TPSA) is 290 Å². The molecule has 0 aromatic carbocycles. The van der Waals surface area contributed by atoms with Crippen LogP contribution in [0.3, 0.4) is 0 Å². The van der Waals surface area contributed by atoms with Gasteiger partial charge in [0.2, 0.25) is 0 Å². The fraction of sp³-hybridized carbons (Fsp3) is 0.706. The summed E-state index contributed by atoms with van der Waals surface area (Å²) in [6.07, 6.45) is -13.0. The highest BCUT2D eigenvalue weighted by molar-refractivity contribution is 7.85. The van der Waals surface area contributed by atoms with Crippen molar-refractivity contribution < 1.29 is 57.9 Å². The van der Waals surface area contributed by atoms with Crippen molar-refractivity contribution in [2.24, 2.45) is 0 Å². The molecule has 2 fully saturated rings. The van der Waals surface area contributed by atoms with Crippen molar-refractivity contribution in [1.29, 1.82) is 0 Å². The molecule has 2 aliphatic rings. The molecule has 0 radical (unpaired) electrons. The van der Waals surface area contributed by atoms with Crippen molar-refractivity contribution in [3.63, 3.8) is 0 Å². The second-order valence-corrected chi connectivity index (χ2v) is 9.51. The molecule has 1 aromatic rings. The quantitative estimate of drug-likeness (QED) is 0.146. The van der Waals surface area contributed by atoms with Crippen LogP contribution in [-0.2, 0) is 24.0 Å². The van der Waals surface area contributed by atoms with E-state index >= 15 is 0 Å². The lowest BCUT2D eigenvalue weighted by Crippen LogP contribution is -2.71. The average molecular weight is 542 g/mol. The first-order chi connectivity index (χ1) is 16.8. The zero-order valence-electron chi connectivity index (χ0n) is 18.2. The summed E-state index contributed by atoms with van der Waals surface area (Å²) in [5.41, 5.74) is -1.71. The van der Waals surface area contributed by atoms with Crippen LogP contribution < -0.4 is 21.3 Å². The zero-order valence-corrected chi connectivity index (χ0v) is 19.0. The number of H-pyrrole nitrogens is 1. The van der Waals surface area contributed by atoms with E-state index in [-0.39, 0.29) is 0 Å². The van der Waals surface area contributed by atoms with Gasteiger partial charge in [0, 0.05) is 12.3 Å². The summed E-state index contributed by atoms with van der Waals surface area (Å²) in [6, 6.07) is -2.44. The van der Waals surface area contributed by atoms with Crippen LogP contribution in [0.25, 0.3) is 0 Å². The van der Waals surface area contributed by atoms with Gasteiger partial charge in [0.15, 0.2) is 6.23 Å². The Balaban J connectivity index is 1.64. The fourth-order valence-electron chi connectivity index (χ4n) is 3.80. The van der Waals surface area contributed by atoms with E-state index in [1.165, 1.54) is 4.72 Å². The van der Waals surface area contributed by atoms with Gasteiger partial charge < -0.3 is 40.5 Å². The van der Waals surface area contributed by atoms with Crippen LogP contribution in [0, 0.1) is 0 Å². The average Bonchev–Trinajstić information content (AvgIpc) is 3.09. The molecule has 3 heterocycles. The number of amides is 1. The highest BCUT2D eigenvalue weighted by atomic mass is 32.2. The second kappa shape index (κ2) is 11.0. The third-order valence-electron chi connectivity index (χ3n) is 5.74. The summed E-state index contributed by atoms with van der Waals surface area (Å²) in [7, 11) is -4.95. The van der Waals surface area contributed by atoms with Crippen LogP contribution in [0.1, 0.15) is 6.23 Å². The minimum absolute atomic E-state index is 0.734. The second-order valence-electron chi connectivity index (χ2n) is 8.16. The molecule has 10 atom stereocenters. The van der Waals surface area contributed by atoms with Crippen molar-refractivity contribution in [2.45, 2.75) is 61.0 Å². The number of rotatable bonds is 8. The Kier molecular flexibility index (Phi) is 8.63.